The maximum absolute atomic E-state index is 11.5. The van der Waals surface area contributed by atoms with Crippen LogP contribution in [0, 0.1) is 11.3 Å². The third-order valence-electron chi connectivity index (χ3n) is 3.17. The van der Waals surface area contributed by atoms with Gasteiger partial charge in [-0.3, -0.25) is 4.79 Å². The molecule has 0 bridgehead atoms. The molecule has 0 fully saturated rings. The molecule has 2 unspecified atom stereocenters. The average molecular weight is 258 g/mol. The molecule has 18 heavy (non-hydrogen) atoms. The Bertz CT molecular complexity index is 284. The van der Waals surface area contributed by atoms with E-state index < -0.39 is 5.97 Å². The van der Waals surface area contributed by atoms with Crippen LogP contribution in [0.3, 0.4) is 0 Å². The van der Waals surface area contributed by atoms with E-state index in [4.69, 9.17) is 5.11 Å². The first-order valence-corrected chi connectivity index (χ1v) is 6.41. The van der Waals surface area contributed by atoms with Crippen molar-refractivity contribution < 1.29 is 14.7 Å². The standard InChI is InChI=1S/C13H26N2O3/c1-9(11(16)17)7-6-8-14-12(18)15-10(2)13(3,4)5/h9-10H,6-8H2,1-5H3,(H,16,17)(H2,14,15,18). The summed E-state index contributed by atoms with van der Waals surface area (Å²) in [6.45, 7) is 10.3. The lowest BCUT2D eigenvalue weighted by atomic mass is 9.88. The Morgan fingerprint density at radius 3 is 2.22 bits per heavy atom. The van der Waals surface area contributed by atoms with Crippen LogP contribution < -0.4 is 10.6 Å². The van der Waals surface area contributed by atoms with Gasteiger partial charge >= 0.3 is 12.0 Å². The number of carbonyl (C=O) groups is 2. The lowest BCUT2D eigenvalue weighted by Crippen LogP contribution is -2.46. The first-order valence-electron chi connectivity index (χ1n) is 6.41. The van der Waals surface area contributed by atoms with Crippen LogP contribution in [0.5, 0.6) is 0 Å². The maximum atomic E-state index is 11.5. The molecule has 0 saturated heterocycles. The topological polar surface area (TPSA) is 78.4 Å². The number of hydrogen-bond donors (Lipinski definition) is 3. The minimum Gasteiger partial charge on any atom is -0.481 e. The highest BCUT2D eigenvalue weighted by Gasteiger charge is 2.21. The van der Waals surface area contributed by atoms with Gasteiger partial charge in [0.1, 0.15) is 0 Å². The summed E-state index contributed by atoms with van der Waals surface area (Å²) < 4.78 is 0. The van der Waals surface area contributed by atoms with Crippen molar-refractivity contribution in [1.29, 1.82) is 0 Å². The molecule has 5 nitrogen and oxygen atoms in total. The number of nitrogens with one attached hydrogen (secondary N) is 2. The van der Waals surface area contributed by atoms with Crippen LogP contribution in [0.1, 0.15) is 47.5 Å². The monoisotopic (exact) mass is 258 g/mol. The maximum Gasteiger partial charge on any atom is 0.315 e. The van der Waals surface area contributed by atoms with E-state index in [1.807, 2.05) is 6.92 Å². The second-order valence-corrected chi connectivity index (χ2v) is 5.87. The molecule has 0 saturated carbocycles. The molecule has 0 radical (unpaired) electrons. The Hall–Kier alpha value is -1.26. The Morgan fingerprint density at radius 1 is 1.22 bits per heavy atom. The lowest BCUT2D eigenvalue weighted by molar-refractivity contribution is -0.141. The van der Waals surface area contributed by atoms with Gasteiger partial charge < -0.3 is 15.7 Å². The van der Waals surface area contributed by atoms with Crippen molar-refractivity contribution in [3.8, 4) is 0 Å². The summed E-state index contributed by atoms with van der Waals surface area (Å²) in [5.41, 5.74) is 0.0230. The summed E-state index contributed by atoms with van der Waals surface area (Å²) in [5, 5.41) is 14.3. The summed E-state index contributed by atoms with van der Waals surface area (Å²) in [7, 11) is 0. The molecule has 0 heterocycles. The van der Waals surface area contributed by atoms with E-state index in [9.17, 15) is 9.59 Å². The molecule has 106 valence electrons. The number of rotatable bonds is 6. The molecule has 2 atom stereocenters. The second kappa shape index (κ2) is 7.24. The minimum absolute atomic E-state index is 0.0230. The Kier molecular flexibility index (Phi) is 6.73. The zero-order chi connectivity index (χ0) is 14.3. The van der Waals surface area contributed by atoms with E-state index in [-0.39, 0.29) is 23.4 Å². The van der Waals surface area contributed by atoms with Crippen LogP contribution in [0.25, 0.3) is 0 Å². The van der Waals surface area contributed by atoms with Gasteiger partial charge in [-0.15, -0.1) is 0 Å². The van der Waals surface area contributed by atoms with Crippen molar-refractivity contribution >= 4 is 12.0 Å². The largest absolute Gasteiger partial charge is 0.481 e. The van der Waals surface area contributed by atoms with E-state index >= 15 is 0 Å². The Morgan fingerprint density at radius 2 is 1.78 bits per heavy atom. The van der Waals surface area contributed by atoms with Gasteiger partial charge in [-0.05, 0) is 25.2 Å². The van der Waals surface area contributed by atoms with Crippen LogP contribution >= 0.6 is 0 Å². The predicted octanol–water partition coefficient (Wildman–Crippen LogP) is 2.22. The second-order valence-electron chi connectivity index (χ2n) is 5.87. The van der Waals surface area contributed by atoms with Gasteiger partial charge in [0.15, 0.2) is 0 Å². The highest BCUT2D eigenvalue weighted by atomic mass is 16.4. The van der Waals surface area contributed by atoms with Gasteiger partial charge in [0.25, 0.3) is 0 Å². The van der Waals surface area contributed by atoms with Crippen molar-refractivity contribution in [2.24, 2.45) is 11.3 Å². The molecular weight excluding hydrogens is 232 g/mol. The molecule has 0 aliphatic carbocycles. The molecule has 0 rings (SSSR count). The average Bonchev–Trinajstić information content (AvgIpc) is 2.22. The Balaban J connectivity index is 3.76. The molecule has 3 N–H and O–H groups in total. The summed E-state index contributed by atoms with van der Waals surface area (Å²) in [6.07, 6.45) is 1.25. The summed E-state index contributed by atoms with van der Waals surface area (Å²) >= 11 is 0. The number of carboxylic acid groups (broad SMARTS) is 1. The molecule has 5 heteroatoms. The Labute approximate surface area is 109 Å². The minimum atomic E-state index is -0.791. The van der Waals surface area contributed by atoms with E-state index in [2.05, 4.69) is 31.4 Å². The van der Waals surface area contributed by atoms with Crippen molar-refractivity contribution in [2.75, 3.05) is 6.54 Å². The number of amides is 2. The highest BCUT2D eigenvalue weighted by Crippen LogP contribution is 2.18. The number of urea groups is 1. The van der Waals surface area contributed by atoms with Crippen LogP contribution in [0.4, 0.5) is 4.79 Å². The normalized spacial score (nSPS) is 14.7. The van der Waals surface area contributed by atoms with Gasteiger partial charge in [0.05, 0.1) is 5.92 Å². The lowest BCUT2D eigenvalue weighted by Gasteiger charge is -2.28. The first-order chi connectivity index (χ1) is 8.14. The predicted molar refractivity (Wildman–Crippen MR) is 71.5 cm³/mol. The van der Waals surface area contributed by atoms with Crippen LogP contribution in [0.15, 0.2) is 0 Å². The number of aliphatic carboxylic acids is 1. The number of hydrogen-bond acceptors (Lipinski definition) is 2. The zero-order valence-electron chi connectivity index (χ0n) is 12.0. The molecule has 0 aliphatic heterocycles. The highest BCUT2D eigenvalue weighted by molar-refractivity contribution is 5.74. The van der Waals surface area contributed by atoms with E-state index in [0.717, 1.165) is 0 Å². The summed E-state index contributed by atoms with van der Waals surface area (Å²) in [5.74, 6) is -1.15. The first kappa shape index (κ1) is 16.7. The third kappa shape index (κ3) is 7.14. The van der Waals surface area contributed by atoms with Gasteiger partial charge in [0, 0.05) is 12.6 Å². The van der Waals surface area contributed by atoms with E-state index in [1.54, 1.807) is 6.92 Å². The van der Waals surface area contributed by atoms with E-state index in [0.29, 0.717) is 19.4 Å². The fourth-order valence-electron chi connectivity index (χ4n) is 1.20. The van der Waals surface area contributed by atoms with Gasteiger partial charge in [-0.2, -0.15) is 0 Å². The van der Waals surface area contributed by atoms with Crippen molar-refractivity contribution in [3.63, 3.8) is 0 Å². The van der Waals surface area contributed by atoms with Gasteiger partial charge in [-0.25, -0.2) is 4.79 Å². The third-order valence-corrected chi connectivity index (χ3v) is 3.17. The van der Waals surface area contributed by atoms with Gasteiger partial charge in [0.2, 0.25) is 0 Å². The number of carboxylic acids is 1. The quantitative estimate of drug-likeness (QED) is 0.639. The van der Waals surface area contributed by atoms with Crippen molar-refractivity contribution in [1.82, 2.24) is 10.6 Å². The molecule has 0 spiro atoms. The SMILES string of the molecule is CC(CCCNC(=O)NC(C)C(C)(C)C)C(=O)O. The summed E-state index contributed by atoms with van der Waals surface area (Å²) in [4.78, 5) is 22.1. The molecule has 0 aromatic rings. The molecule has 0 aromatic carbocycles. The van der Waals surface area contributed by atoms with Crippen molar-refractivity contribution in [3.05, 3.63) is 0 Å². The number of carbonyl (C=O) groups excluding carboxylic acids is 1. The molecule has 2 amide bonds. The van der Waals surface area contributed by atoms with Gasteiger partial charge in [-0.1, -0.05) is 27.7 Å². The molecular formula is C13H26N2O3. The zero-order valence-corrected chi connectivity index (χ0v) is 12.0. The van der Waals surface area contributed by atoms with Crippen LogP contribution in [0.2, 0.25) is 0 Å². The summed E-state index contributed by atoms with van der Waals surface area (Å²) in [6, 6.07) is -0.115. The van der Waals surface area contributed by atoms with Crippen LogP contribution in [-0.2, 0) is 4.79 Å². The fourth-order valence-corrected chi connectivity index (χ4v) is 1.20. The fraction of sp³-hybridized carbons (Fsp3) is 0.846. The van der Waals surface area contributed by atoms with E-state index in [1.165, 1.54) is 0 Å². The molecule has 0 aromatic heterocycles. The molecule has 0 aliphatic rings. The van der Waals surface area contributed by atoms with Crippen molar-refractivity contribution in [2.45, 2.75) is 53.5 Å². The van der Waals surface area contributed by atoms with Crippen LogP contribution in [-0.4, -0.2) is 29.7 Å². The smallest absolute Gasteiger partial charge is 0.315 e.